The van der Waals surface area contributed by atoms with Crippen molar-refractivity contribution in [1.29, 1.82) is 0 Å². The molecule has 0 saturated carbocycles. The van der Waals surface area contributed by atoms with Gasteiger partial charge in [0.1, 0.15) is 0 Å². The molecule has 2 rings (SSSR count). The zero-order valence-electron chi connectivity index (χ0n) is 12.5. The summed E-state index contributed by atoms with van der Waals surface area (Å²) in [6.07, 6.45) is 0.761. The second-order valence-corrected chi connectivity index (χ2v) is 5.84. The molecule has 0 spiro atoms. The summed E-state index contributed by atoms with van der Waals surface area (Å²) in [6.45, 7) is 1.98. The van der Waals surface area contributed by atoms with Gasteiger partial charge in [0.2, 0.25) is 5.91 Å². The van der Waals surface area contributed by atoms with E-state index in [0.29, 0.717) is 6.42 Å². The minimum atomic E-state index is -0.414. The number of amides is 1. The molecule has 5 heteroatoms. The molecular formula is C17H17BrFNO2. The van der Waals surface area contributed by atoms with Crippen molar-refractivity contribution in [2.24, 2.45) is 0 Å². The van der Waals surface area contributed by atoms with Crippen molar-refractivity contribution in [3.63, 3.8) is 0 Å². The Morgan fingerprint density at radius 2 is 2.05 bits per heavy atom. The summed E-state index contributed by atoms with van der Waals surface area (Å²) in [4.78, 5) is 11.9. The Hall–Kier alpha value is -1.88. The van der Waals surface area contributed by atoms with Crippen molar-refractivity contribution >= 4 is 27.5 Å². The van der Waals surface area contributed by atoms with Crippen molar-refractivity contribution in [1.82, 2.24) is 0 Å². The molecule has 2 aromatic rings. The maximum atomic E-state index is 13.6. The summed E-state index contributed by atoms with van der Waals surface area (Å²) in [5, 5.41) is 2.83. The van der Waals surface area contributed by atoms with E-state index in [-0.39, 0.29) is 18.1 Å². The molecule has 0 atom stereocenters. The van der Waals surface area contributed by atoms with Crippen LogP contribution in [0.1, 0.15) is 17.5 Å². The summed E-state index contributed by atoms with van der Waals surface area (Å²) in [5.41, 5.74) is 2.61. The maximum absolute atomic E-state index is 13.6. The topological polar surface area (TPSA) is 38.3 Å². The van der Waals surface area contributed by atoms with E-state index in [1.165, 1.54) is 13.2 Å². The number of benzene rings is 2. The number of carbonyl (C=O) groups excluding carboxylic acids is 1. The molecule has 0 unspecified atom stereocenters. The van der Waals surface area contributed by atoms with Crippen LogP contribution in [0.25, 0.3) is 0 Å². The first-order valence-corrected chi connectivity index (χ1v) is 7.67. The van der Waals surface area contributed by atoms with Gasteiger partial charge in [-0.15, -0.1) is 0 Å². The Morgan fingerprint density at radius 1 is 1.27 bits per heavy atom. The van der Waals surface area contributed by atoms with Gasteiger partial charge in [0.15, 0.2) is 11.6 Å². The van der Waals surface area contributed by atoms with Gasteiger partial charge in [0, 0.05) is 16.6 Å². The van der Waals surface area contributed by atoms with E-state index >= 15 is 0 Å². The van der Waals surface area contributed by atoms with Crippen LogP contribution in [0.4, 0.5) is 10.1 Å². The monoisotopic (exact) mass is 365 g/mol. The highest BCUT2D eigenvalue weighted by molar-refractivity contribution is 9.10. The quantitative estimate of drug-likeness (QED) is 0.848. The highest BCUT2D eigenvalue weighted by atomic mass is 79.9. The fourth-order valence-corrected chi connectivity index (χ4v) is 2.40. The summed E-state index contributed by atoms with van der Waals surface area (Å²) < 4.78 is 19.4. The molecule has 0 fully saturated rings. The van der Waals surface area contributed by atoms with E-state index in [2.05, 4.69) is 21.2 Å². The third-order valence-corrected chi connectivity index (χ3v) is 4.17. The van der Waals surface area contributed by atoms with Gasteiger partial charge < -0.3 is 10.1 Å². The van der Waals surface area contributed by atoms with E-state index in [9.17, 15) is 9.18 Å². The largest absolute Gasteiger partial charge is 0.494 e. The van der Waals surface area contributed by atoms with Crippen LogP contribution in [0, 0.1) is 12.7 Å². The number of halogens is 2. The molecule has 0 aromatic heterocycles. The highest BCUT2D eigenvalue weighted by Crippen LogP contribution is 2.21. The summed E-state index contributed by atoms with van der Waals surface area (Å²) >= 11 is 3.43. The van der Waals surface area contributed by atoms with Gasteiger partial charge in [0.05, 0.1) is 7.11 Å². The number of methoxy groups -OCH3 is 1. The van der Waals surface area contributed by atoms with E-state index in [0.717, 1.165) is 21.3 Å². The van der Waals surface area contributed by atoms with Crippen LogP contribution in [-0.2, 0) is 11.2 Å². The normalized spacial score (nSPS) is 10.4. The molecule has 1 N–H and O–H groups in total. The van der Waals surface area contributed by atoms with Crippen LogP contribution in [0.2, 0.25) is 0 Å². The number of carbonyl (C=O) groups is 1. The van der Waals surface area contributed by atoms with E-state index in [1.54, 1.807) is 12.1 Å². The van der Waals surface area contributed by atoms with E-state index < -0.39 is 5.82 Å². The van der Waals surface area contributed by atoms with E-state index in [1.807, 2.05) is 25.1 Å². The molecule has 0 radical (unpaired) electrons. The van der Waals surface area contributed by atoms with Gasteiger partial charge in [-0.2, -0.15) is 0 Å². The minimum absolute atomic E-state index is 0.105. The van der Waals surface area contributed by atoms with Crippen LogP contribution < -0.4 is 10.1 Å². The van der Waals surface area contributed by atoms with Crippen molar-refractivity contribution in [2.45, 2.75) is 19.8 Å². The number of anilines is 1. The molecule has 116 valence electrons. The average molecular weight is 366 g/mol. The number of nitrogens with one attached hydrogen (secondary N) is 1. The molecule has 0 heterocycles. The van der Waals surface area contributed by atoms with Gasteiger partial charge in [0.25, 0.3) is 0 Å². The molecule has 0 aliphatic rings. The molecule has 0 aliphatic heterocycles. The van der Waals surface area contributed by atoms with Crippen LogP contribution in [0.15, 0.2) is 40.9 Å². The van der Waals surface area contributed by atoms with Crippen LogP contribution in [0.3, 0.4) is 0 Å². The number of hydrogen-bond acceptors (Lipinski definition) is 2. The average Bonchev–Trinajstić information content (AvgIpc) is 2.49. The lowest BCUT2D eigenvalue weighted by Gasteiger charge is -2.08. The smallest absolute Gasteiger partial charge is 0.224 e. The SMILES string of the molecule is COc1ccc(CCC(=O)Nc2ccc(C)c(Br)c2)cc1F. The summed E-state index contributed by atoms with van der Waals surface area (Å²) in [6, 6.07) is 10.4. The van der Waals surface area contributed by atoms with E-state index in [4.69, 9.17) is 4.74 Å². The van der Waals surface area contributed by atoms with Crippen molar-refractivity contribution < 1.29 is 13.9 Å². The van der Waals surface area contributed by atoms with Crippen LogP contribution >= 0.6 is 15.9 Å². The first-order valence-electron chi connectivity index (χ1n) is 6.88. The number of hydrogen-bond donors (Lipinski definition) is 1. The maximum Gasteiger partial charge on any atom is 0.224 e. The lowest BCUT2D eigenvalue weighted by atomic mass is 10.1. The van der Waals surface area contributed by atoms with Crippen molar-refractivity contribution in [2.75, 3.05) is 12.4 Å². The van der Waals surface area contributed by atoms with Gasteiger partial charge in [-0.25, -0.2) is 4.39 Å². The van der Waals surface area contributed by atoms with Crippen molar-refractivity contribution in [3.8, 4) is 5.75 Å². The molecule has 22 heavy (non-hydrogen) atoms. The number of aryl methyl sites for hydroxylation is 2. The Morgan fingerprint density at radius 3 is 2.68 bits per heavy atom. The Balaban J connectivity index is 1.92. The lowest BCUT2D eigenvalue weighted by Crippen LogP contribution is -2.12. The number of rotatable bonds is 5. The summed E-state index contributed by atoms with van der Waals surface area (Å²) in [7, 11) is 1.42. The second-order valence-electron chi connectivity index (χ2n) is 4.98. The minimum Gasteiger partial charge on any atom is -0.494 e. The van der Waals surface area contributed by atoms with Gasteiger partial charge in [-0.3, -0.25) is 4.79 Å². The standard InChI is InChI=1S/C17H17BrFNO2/c1-11-3-6-13(10-14(11)18)20-17(21)8-5-12-4-7-16(22-2)15(19)9-12/h3-4,6-7,9-10H,5,8H2,1-2H3,(H,20,21). The summed E-state index contributed by atoms with van der Waals surface area (Å²) in [5.74, 6) is -0.312. The highest BCUT2D eigenvalue weighted by Gasteiger charge is 2.07. The molecule has 0 aliphatic carbocycles. The molecule has 3 nitrogen and oxygen atoms in total. The molecule has 0 saturated heterocycles. The van der Waals surface area contributed by atoms with Crippen LogP contribution in [0.5, 0.6) is 5.75 Å². The fourth-order valence-electron chi connectivity index (χ4n) is 2.02. The molecule has 1 amide bonds. The van der Waals surface area contributed by atoms with Gasteiger partial charge in [-0.1, -0.05) is 28.1 Å². The zero-order valence-corrected chi connectivity index (χ0v) is 14.0. The third-order valence-electron chi connectivity index (χ3n) is 3.31. The molecular weight excluding hydrogens is 349 g/mol. The Bertz CT molecular complexity index is 688. The third kappa shape index (κ3) is 4.31. The zero-order chi connectivity index (χ0) is 16.1. The predicted octanol–water partition coefficient (Wildman–Crippen LogP) is 4.48. The van der Waals surface area contributed by atoms with Crippen molar-refractivity contribution in [3.05, 3.63) is 57.8 Å². The lowest BCUT2D eigenvalue weighted by molar-refractivity contribution is -0.116. The Labute approximate surface area is 137 Å². The second kappa shape index (κ2) is 7.40. The molecule has 0 bridgehead atoms. The van der Waals surface area contributed by atoms with Gasteiger partial charge in [-0.05, 0) is 48.7 Å². The predicted molar refractivity (Wildman–Crippen MR) is 88.8 cm³/mol. The number of ether oxygens (including phenoxy) is 1. The Kier molecular flexibility index (Phi) is 5.55. The first kappa shape index (κ1) is 16.5. The fraction of sp³-hybridized carbons (Fsp3) is 0.235. The van der Waals surface area contributed by atoms with Crippen LogP contribution in [-0.4, -0.2) is 13.0 Å². The first-order chi connectivity index (χ1) is 10.5. The van der Waals surface area contributed by atoms with Gasteiger partial charge >= 0.3 is 0 Å². The molecule has 2 aromatic carbocycles.